The lowest BCUT2D eigenvalue weighted by atomic mass is 10.1. The van der Waals surface area contributed by atoms with E-state index in [-0.39, 0.29) is 6.61 Å². The molecular formula is C14H12FNO. The molecule has 0 atom stereocenters. The van der Waals surface area contributed by atoms with Gasteiger partial charge in [-0.2, -0.15) is 0 Å². The van der Waals surface area contributed by atoms with Crippen molar-refractivity contribution < 1.29 is 9.50 Å². The van der Waals surface area contributed by atoms with E-state index in [4.69, 9.17) is 5.11 Å². The fraction of sp³-hybridized carbons (Fsp3) is 0.0714. The van der Waals surface area contributed by atoms with E-state index >= 15 is 0 Å². The number of halogens is 1. The first kappa shape index (κ1) is 11.5. The molecule has 0 saturated heterocycles. The Bertz CT molecular complexity index is 506. The molecule has 0 fully saturated rings. The van der Waals surface area contributed by atoms with Gasteiger partial charge in [0.1, 0.15) is 5.83 Å². The van der Waals surface area contributed by atoms with E-state index < -0.39 is 5.83 Å². The number of rotatable bonds is 3. The maximum atomic E-state index is 13.4. The second-order valence-corrected chi connectivity index (χ2v) is 3.53. The van der Waals surface area contributed by atoms with Crippen LogP contribution in [0, 0.1) is 0 Å². The molecule has 0 saturated carbocycles. The minimum absolute atomic E-state index is 0.298. The predicted octanol–water partition coefficient (Wildman–Crippen LogP) is 3.05. The minimum atomic E-state index is -0.417. The Morgan fingerprint density at radius 1 is 1.18 bits per heavy atom. The minimum Gasteiger partial charge on any atom is -0.392 e. The highest BCUT2D eigenvalue weighted by Gasteiger charge is 2.01. The van der Waals surface area contributed by atoms with Crippen LogP contribution in [0.25, 0.3) is 17.1 Å². The summed E-state index contributed by atoms with van der Waals surface area (Å²) < 4.78 is 13.4. The summed E-state index contributed by atoms with van der Waals surface area (Å²) in [6.45, 7) is -0.298. The quantitative estimate of drug-likeness (QED) is 0.877. The van der Waals surface area contributed by atoms with Crippen molar-refractivity contribution in [3.05, 3.63) is 60.3 Å². The molecule has 3 heteroatoms. The number of aliphatic hydroxyl groups is 1. The van der Waals surface area contributed by atoms with Crippen LogP contribution >= 0.6 is 0 Å². The van der Waals surface area contributed by atoms with Crippen molar-refractivity contribution in [2.24, 2.45) is 0 Å². The molecule has 1 aromatic carbocycles. The van der Waals surface area contributed by atoms with Crippen molar-refractivity contribution >= 4 is 5.83 Å². The second kappa shape index (κ2) is 5.37. The van der Waals surface area contributed by atoms with Gasteiger partial charge in [0.15, 0.2) is 0 Å². The van der Waals surface area contributed by atoms with Gasteiger partial charge >= 0.3 is 0 Å². The lowest BCUT2D eigenvalue weighted by Crippen LogP contribution is -1.84. The third kappa shape index (κ3) is 2.77. The zero-order valence-electron chi connectivity index (χ0n) is 9.18. The molecule has 1 N–H and O–H groups in total. The molecule has 0 aliphatic rings. The maximum absolute atomic E-state index is 13.4. The van der Waals surface area contributed by atoms with Crippen molar-refractivity contribution in [2.45, 2.75) is 0 Å². The van der Waals surface area contributed by atoms with Crippen molar-refractivity contribution in [3.8, 4) is 11.3 Å². The van der Waals surface area contributed by atoms with Gasteiger partial charge in [-0.15, -0.1) is 0 Å². The van der Waals surface area contributed by atoms with Gasteiger partial charge in [-0.25, -0.2) is 4.39 Å². The molecule has 2 rings (SSSR count). The fourth-order valence-corrected chi connectivity index (χ4v) is 1.53. The Morgan fingerprint density at radius 3 is 2.53 bits per heavy atom. The van der Waals surface area contributed by atoms with E-state index in [2.05, 4.69) is 4.98 Å². The largest absolute Gasteiger partial charge is 0.392 e. The topological polar surface area (TPSA) is 33.1 Å². The summed E-state index contributed by atoms with van der Waals surface area (Å²) in [6, 6.07) is 12.6. The number of pyridine rings is 1. The lowest BCUT2D eigenvalue weighted by molar-refractivity contribution is 0.342. The number of nitrogens with zero attached hydrogens (tertiary/aromatic N) is 1. The Hall–Kier alpha value is -2.00. The monoisotopic (exact) mass is 229 g/mol. The zero-order valence-corrected chi connectivity index (χ0v) is 9.18. The van der Waals surface area contributed by atoms with Crippen molar-refractivity contribution in [2.75, 3.05) is 6.61 Å². The van der Waals surface area contributed by atoms with Crippen LogP contribution in [-0.2, 0) is 0 Å². The Kier molecular flexibility index (Phi) is 3.62. The van der Waals surface area contributed by atoms with Crippen LogP contribution < -0.4 is 0 Å². The molecule has 0 bridgehead atoms. The van der Waals surface area contributed by atoms with Gasteiger partial charge in [-0.05, 0) is 18.2 Å². The van der Waals surface area contributed by atoms with Crippen LogP contribution in [0.5, 0.6) is 0 Å². The summed E-state index contributed by atoms with van der Waals surface area (Å²) in [5, 5.41) is 8.60. The van der Waals surface area contributed by atoms with Gasteiger partial charge < -0.3 is 5.11 Å². The molecule has 1 heterocycles. The molecule has 0 unspecified atom stereocenters. The lowest BCUT2D eigenvalue weighted by Gasteiger charge is -2.02. The van der Waals surface area contributed by atoms with Gasteiger partial charge in [0.05, 0.1) is 12.3 Å². The number of aromatic nitrogens is 1. The Balaban J connectivity index is 2.28. The number of hydrogen-bond acceptors (Lipinski definition) is 2. The van der Waals surface area contributed by atoms with E-state index in [0.29, 0.717) is 5.56 Å². The van der Waals surface area contributed by atoms with Crippen LogP contribution in [0.15, 0.2) is 54.7 Å². The number of hydrogen-bond donors (Lipinski definition) is 1. The van der Waals surface area contributed by atoms with Gasteiger partial charge in [-0.3, -0.25) is 4.98 Å². The zero-order chi connectivity index (χ0) is 12.1. The summed E-state index contributed by atoms with van der Waals surface area (Å²) in [4.78, 5) is 4.21. The molecule has 2 nitrogen and oxygen atoms in total. The van der Waals surface area contributed by atoms with Crippen LogP contribution in [0.3, 0.4) is 0 Å². The SMILES string of the molecule is OC/C=C(\F)c1ccc(-c2ccccn2)cc1. The molecule has 0 spiro atoms. The van der Waals surface area contributed by atoms with Gasteiger partial charge in [0.2, 0.25) is 0 Å². The van der Waals surface area contributed by atoms with Crippen molar-refractivity contribution in [1.82, 2.24) is 4.98 Å². The standard InChI is InChI=1S/C14H12FNO/c15-13(8-10-17)11-4-6-12(7-5-11)14-3-1-2-9-16-14/h1-9,17H,10H2/b13-8-. The first-order valence-electron chi connectivity index (χ1n) is 5.29. The summed E-state index contributed by atoms with van der Waals surface area (Å²) in [5.74, 6) is -0.417. The summed E-state index contributed by atoms with van der Waals surface area (Å²) >= 11 is 0. The molecule has 1 aromatic heterocycles. The molecule has 2 aromatic rings. The van der Waals surface area contributed by atoms with Gasteiger partial charge in [-0.1, -0.05) is 30.3 Å². The highest BCUT2D eigenvalue weighted by atomic mass is 19.1. The first-order chi connectivity index (χ1) is 8.31. The predicted molar refractivity (Wildman–Crippen MR) is 65.8 cm³/mol. The van der Waals surface area contributed by atoms with Gasteiger partial charge in [0.25, 0.3) is 0 Å². The third-order valence-corrected chi connectivity index (χ3v) is 2.39. The van der Waals surface area contributed by atoms with Crippen LogP contribution in [0.4, 0.5) is 4.39 Å². The van der Waals surface area contributed by atoms with Crippen LogP contribution in [-0.4, -0.2) is 16.7 Å². The Morgan fingerprint density at radius 2 is 1.94 bits per heavy atom. The highest BCUT2D eigenvalue weighted by Crippen LogP contribution is 2.21. The van der Waals surface area contributed by atoms with Crippen LogP contribution in [0.2, 0.25) is 0 Å². The van der Waals surface area contributed by atoms with E-state index in [1.54, 1.807) is 18.3 Å². The first-order valence-corrected chi connectivity index (χ1v) is 5.29. The third-order valence-electron chi connectivity index (χ3n) is 2.39. The highest BCUT2D eigenvalue weighted by molar-refractivity contribution is 5.65. The van der Waals surface area contributed by atoms with Gasteiger partial charge in [0, 0.05) is 17.3 Å². The van der Waals surface area contributed by atoms with E-state index in [0.717, 1.165) is 17.3 Å². The van der Waals surface area contributed by atoms with E-state index in [9.17, 15) is 4.39 Å². The smallest absolute Gasteiger partial charge is 0.128 e. The molecular weight excluding hydrogens is 217 g/mol. The Labute approximate surface area is 99.1 Å². The maximum Gasteiger partial charge on any atom is 0.128 e. The average molecular weight is 229 g/mol. The molecule has 17 heavy (non-hydrogen) atoms. The molecule has 0 radical (unpaired) electrons. The molecule has 86 valence electrons. The second-order valence-electron chi connectivity index (χ2n) is 3.53. The summed E-state index contributed by atoms with van der Waals surface area (Å²) in [7, 11) is 0. The normalized spacial score (nSPS) is 11.5. The molecule has 0 aliphatic carbocycles. The summed E-state index contributed by atoms with van der Waals surface area (Å²) in [6.07, 6.45) is 2.85. The molecule has 0 amide bonds. The summed E-state index contributed by atoms with van der Waals surface area (Å²) in [5.41, 5.74) is 2.25. The van der Waals surface area contributed by atoms with Crippen molar-refractivity contribution in [3.63, 3.8) is 0 Å². The number of benzene rings is 1. The van der Waals surface area contributed by atoms with E-state index in [1.807, 2.05) is 30.3 Å². The average Bonchev–Trinajstić information content (AvgIpc) is 2.40. The fourth-order valence-electron chi connectivity index (χ4n) is 1.53. The van der Waals surface area contributed by atoms with E-state index in [1.165, 1.54) is 0 Å². The number of aliphatic hydroxyl groups excluding tert-OH is 1. The van der Waals surface area contributed by atoms with Crippen LogP contribution in [0.1, 0.15) is 5.56 Å². The molecule has 0 aliphatic heterocycles. The van der Waals surface area contributed by atoms with Crippen molar-refractivity contribution in [1.29, 1.82) is 0 Å².